The van der Waals surface area contributed by atoms with E-state index in [9.17, 15) is 4.39 Å². The molecule has 1 aromatic carbocycles. The average molecular weight is 341 g/mol. The van der Waals surface area contributed by atoms with Crippen molar-refractivity contribution >= 4 is 15.9 Å². The van der Waals surface area contributed by atoms with Crippen molar-refractivity contribution in [2.45, 2.75) is 50.7 Å². The van der Waals surface area contributed by atoms with Crippen molar-refractivity contribution in [3.05, 3.63) is 34.1 Å². The highest BCUT2D eigenvalue weighted by Gasteiger charge is 2.31. The fourth-order valence-corrected chi connectivity index (χ4v) is 3.96. The lowest BCUT2D eigenvalue weighted by Gasteiger charge is -2.39. The Kier molecular flexibility index (Phi) is 4.74. The number of nitrogens with zero attached hydrogens (tertiary/aromatic N) is 1. The number of nitrogens with one attached hydrogen (secondary N) is 1. The number of rotatable bonds is 3. The molecule has 3 rings (SSSR count). The summed E-state index contributed by atoms with van der Waals surface area (Å²) in [5, 5.41) is 3.64. The van der Waals surface area contributed by atoms with E-state index in [1.807, 2.05) is 6.07 Å². The van der Waals surface area contributed by atoms with E-state index in [-0.39, 0.29) is 5.82 Å². The van der Waals surface area contributed by atoms with Crippen LogP contribution in [0.2, 0.25) is 0 Å². The van der Waals surface area contributed by atoms with Gasteiger partial charge in [0, 0.05) is 23.1 Å². The second kappa shape index (κ2) is 6.54. The summed E-state index contributed by atoms with van der Waals surface area (Å²) in [5.74, 6) is -0.143. The minimum Gasteiger partial charge on any atom is -0.312 e. The van der Waals surface area contributed by atoms with Crippen LogP contribution < -0.4 is 5.32 Å². The van der Waals surface area contributed by atoms with Crippen molar-refractivity contribution in [2.24, 2.45) is 0 Å². The second-order valence-corrected chi connectivity index (χ2v) is 6.83. The molecule has 2 fully saturated rings. The third-order valence-corrected chi connectivity index (χ3v) is 5.38. The molecular formula is C16H22BrFN2. The Morgan fingerprint density at radius 2 is 2.15 bits per heavy atom. The summed E-state index contributed by atoms with van der Waals surface area (Å²) in [6, 6.07) is 6.23. The van der Waals surface area contributed by atoms with Crippen molar-refractivity contribution in [3.8, 4) is 0 Å². The summed E-state index contributed by atoms with van der Waals surface area (Å²) in [4.78, 5) is 2.55. The smallest absolute Gasteiger partial charge is 0.123 e. The molecule has 0 aliphatic carbocycles. The Morgan fingerprint density at radius 3 is 2.95 bits per heavy atom. The minimum absolute atomic E-state index is 0.143. The van der Waals surface area contributed by atoms with Crippen LogP contribution in [0.3, 0.4) is 0 Å². The molecule has 1 aromatic rings. The highest BCUT2D eigenvalue weighted by atomic mass is 79.9. The topological polar surface area (TPSA) is 15.3 Å². The monoisotopic (exact) mass is 340 g/mol. The van der Waals surface area contributed by atoms with Crippen molar-refractivity contribution < 1.29 is 4.39 Å². The summed E-state index contributed by atoms with van der Waals surface area (Å²) in [6.07, 6.45) is 6.43. The maximum Gasteiger partial charge on any atom is 0.123 e. The van der Waals surface area contributed by atoms with E-state index in [1.54, 1.807) is 6.07 Å². The van der Waals surface area contributed by atoms with Crippen LogP contribution in [0.1, 0.15) is 37.7 Å². The van der Waals surface area contributed by atoms with Crippen LogP contribution in [0, 0.1) is 5.82 Å². The Hall–Kier alpha value is -0.450. The van der Waals surface area contributed by atoms with Crippen LogP contribution in [0.4, 0.5) is 4.39 Å². The van der Waals surface area contributed by atoms with E-state index in [1.165, 1.54) is 38.2 Å². The van der Waals surface area contributed by atoms with Gasteiger partial charge >= 0.3 is 0 Å². The second-order valence-electron chi connectivity index (χ2n) is 5.97. The van der Waals surface area contributed by atoms with Gasteiger partial charge in [-0.3, -0.25) is 4.90 Å². The summed E-state index contributed by atoms with van der Waals surface area (Å²) in [7, 11) is 0. The van der Waals surface area contributed by atoms with Gasteiger partial charge in [-0.1, -0.05) is 22.4 Å². The number of piperidine rings is 1. The Labute approximate surface area is 128 Å². The number of benzene rings is 1. The van der Waals surface area contributed by atoms with E-state index in [0.29, 0.717) is 12.1 Å². The zero-order valence-corrected chi connectivity index (χ0v) is 13.3. The molecule has 110 valence electrons. The predicted octanol–water partition coefficient (Wildman–Crippen LogP) is 3.69. The highest BCUT2D eigenvalue weighted by Crippen LogP contribution is 2.28. The molecule has 4 heteroatoms. The van der Waals surface area contributed by atoms with Crippen LogP contribution in [0.15, 0.2) is 22.7 Å². The molecule has 20 heavy (non-hydrogen) atoms. The van der Waals surface area contributed by atoms with Gasteiger partial charge in [-0.15, -0.1) is 0 Å². The molecule has 2 heterocycles. The molecule has 0 aromatic heterocycles. The molecule has 2 saturated heterocycles. The van der Waals surface area contributed by atoms with Crippen molar-refractivity contribution in [1.29, 1.82) is 0 Å². The molecule has 0 bridgehead atoms. The third kappa shape index (κ3) is 3.23. The molecule has 0 amide bonds. The van der Waals surface area contributed by atoms with Crippen LogP contribution in [0.25, 0.3) is 0 Å². The SMILES string of the molecule is Fc1ccc(Br)c(CN2CCCCC2C2CCCN2)c1. The first-order valence-electron chi connectivity index (χ1n) is 7.65. The van der Waals surface area contributed by atoms with Crippen LogP contribution in [-0.4, -0.2) is 30.1 Å². The maximum absolute atomic E-state index is 13.4. The third-order valence-electron chi connectivity index (χ3n) is 4.61. The van der Waals surface area contributed by atoms with E-state index >= 15 is 0 Å². The molecule has 2 atom stereocenters. The normalized spacial score (nSPS) is 27.9. The lowest BCUT2D eigenvalue weighted by atomic mass is 9.94. The number of hydrogen-bond acceptors (Lipinski definition) is 2. The van der Waals surface area contributed by atoms with Crippen molar-refractivity contribution in [1.82, 2.24) is 10.2 Å². The fraction of sp³-hybridized carbons (Fsp3) is 0.625. The molecule has 2 aliphatic rings. The van der Waals surface area contributed by atoms with Gasteiger partial charge in [-0.25, -0.2) is 4.39 Å². The van der Waals surface area contributed by atoms with Gasteiger partial charge < -0.3 is 5.32 Å². The van der Waals surface area contributed by atoms with Gasteiger partial charge in [0.05, 0.1) is 0 Å². The Balaban J connectivity index is 1.74. The first kappa shape index (κ1) is 14.5. The predicted molar refractivity (Wildman–Crippen MR) is 83.2 cm³/mol. The summed E-state index contributed by atoms with van der Waals surface area (Å²) in [6.45, 7) is 3.13. The maximum atomic E-state index is 13.4. The molecule has 2 unspecified atom stereocenters. The quantitative estimate of drug-likeness (QED) is 0.902. The summed E-state index contributed by atoms with van der Waals surface area (Å²) >= 11 is 3.55. The lowest BCUT2D eigenvalue weighted by molar-refractivity contribution is 0.112. The number of hydrogen-bond donors (Lipinski definition) is 1. The molecule has 0 radical (unpaired) electrons. The van der Waals surface area contributed by atoms with Gasteiger partial charge in [0.25, 0.3) is 0 Å². The zero-order valence-electron chi connectivity index (χ0n) is 11.7. The Bertz CT molecular complexity index is 460. The van der Waals surface area contributed by atoms with E-state index in [2.05, 4.69) is 26.1 Å². The summed E-state index contributed by atoms with van der Waals surface area (Å²) < 4.78 is 14.5. The lowest BCUT2D eigenvalue weighted by Crippen LogP contribution is -2.49. The van der Waals surface area contributed by atoms with Gasteiger partial charge in [0.1, 0.15) is 5.82 Å². The van der Waals surface area contributed by atoms with Gasteiger partial charge in [0.15, 0.2) is 0 Å². The first-order chi connectivity index (χ1) is 9.74. The van der Waals surface area contributed by atoms with Crippen molar-refractivity contribution in [3.63, 3.8) is 0 Å². The first-order valence-corrected chi connectivity index (χ1v) is 8.45. The summed E-state index contributed by atoms with van der Waals surface area (Å²) in [5.41, 5.74) is 1.06. The van der Waals surface area contributed by atoms with E-state index < -0.39 is 0 Å². The average Bonchev–Trinajstić information content (AvgIpc) is 2.97. The highest BCUT2D eigenvalue weighted by molar-refractivity contribution is 9.10. The van der Waals surface area contributed by atoms with E-state index in [0.717, 1.165) is 29.7 Å². The number of likely N-dealkylation sites (tertiary alicyclic amines) is 1. The number of halogens is 2. The zero-order chi connectivity index (χ0) is 13.9. The van der Waals surface area contributed by atoms with Crippen LogP contribution >= 0.6 is 15.9 Å². The van der Waals surface area contributed by atoms with Gasteiger partial charge in [0.2, 0.25) is 0 Å². The molecule has 2 nitrogen and oxygen atoms in total. The molecule has 0 spiro atoms. The van der Waals surface area contributed by atoms with Crippen molar-refractivity contribution in [2.75, 3.05) is 13.1 Å². The van der Waals surface area contributed by atoms with Gasteiger partial charge in [-0.2, -0.15) is 0 Å². The van der Waals surface area contributed by atoms with E-state index in [4.69, 9.17) is 0 Å². The van der Waals surface area contributed by atoms with Crippen LogP contribution in [-0.2, 0) is 6.54 Å². The standard InChI is InChI=1S/C16H22BrFN2/c17-14-7-6-13(18)10-12(14)11-20-9-2-1-5-16(20)15-4-3-8-19-15/h6-7,10,15-16,19H,1-5,8-9,11H2. The minimum atomic E-state index is -0.143. The molecule has 2 aliphatic heterocycles. The Morgan fingerprint density at radius 1 is 1.25 bits per heavy atom. The molecular weight excluding hydrogens is 319 g/mol. The largest absolute Gasteiger partial charge is 0.312 e. The van der Waals surface area contributed by atoms with Gasteiger partial charge in [-0.05, 0) is 62.5 Å². The van der Waals surface area contributed by atoms with Crippen LogP contribution in [0.5, 0.6) is 0 Å². The molecule has 1 N–H and O–H groups in total. The fourth-order valence-electron chi connectivity index (χ4n) is 3.59. The molecule has 0 saturated carbocycles.